The minimum atomic E-state index is -2.47. The van der Waals surface area contributed by atoms with Crippen LogP contribution in [0.25, 0.3) is 0 Å². The molecule has 18 heavy (non-hydrogen) atoms. The van der Waals surface area contributed by atoms with Crippen LogP contribution >= 0.6 is 11.3 Å². The largest absolute Gasteiger partial charge is 0.388 e. The second-order valence-electron chi connectivity index (χ2n) is 4.07. The zero-order valence-corrected chi connectivity index (χ0v) is 10.6. The zero-order chi connectivity index (χ0) is 13.1. The topological polar surface area (TPSA) is 33.1 Å². The molecule has 1 heterocycles. The van der Waals surface area contributed by atoms with Crippen LogP contribution in [0, 0.1) is 6.92 Å². The van der Waals surface area contributed by atoms with Gasteiger partial charge in [-0.25, -0.2) is 13.8 Å². The summed E-state index contributed by atoms with van der Waals surface area (Å²) >= 11 is 1.49. The van der Waals surface area contributed by atoms with E-state index in [1.807, 2.05) is 12.3 Å². The zero-order valence-electron chi connectivity index (χ0n) is 9.81. The van der Waals surface area contributed by atoms with E-state index in [1.165, 1.54) is 35.6 Å². The van der Waals surface area contributed by atoms with Gasteiger partial charge in [0.05, 0.1) is 11.1 Å². The molecule has 1 atom stereocenters. The van der Waals surface area contributed by atoms with Gasteiger partial charge >= 0.3 is 0 Å². The van der Waals surface area contributed by atoms with Crippen LogP contribution in [0.3, 0.4) is 0 Å². The number of aliphatic hydroxyl groups is 1. The number of nitrogens with zero attached hydrogens (tertiary/aromatic N) is 1. The van der Waals surface area contributed by atoms with Crippen molar-refractivity contribution in [3.05, 3.63) is 51.5 Å². The van der Waals surface area contributed by atoms with E-state index in [0.29, 0.717) is 12.0 Å². The molecule has 0 fully saturated rings. The SMILES string of the molecule is Cc1csc(CC(O)c2ccc(C(F)F)cc2)n1. The van der Waals surface area contributed by atoms with E-state index < -0.39 is 12.5 Å². The molecule has 1 aromatic heterocycles. The molecule has 96 valence electrons. The standard InChI is InChI=1S/C13H13F2NOS/c1-8-7-18-12(16-8)6-11(17)9-2-4-10(5-3-9)13(14)15/h2-5,7,11,13,17H,6H2,1H3. The Kier molecular flexibility index (Phi) is 4.04. The smallest absolute Gasteiger partial charge is 0.263 e. The maximum atomic E-state index is 12.4. The van der Waals surface area contributed by atoms with Crippen molar-refractivity contribution in [3.63, 3.8) is 0 Å². The van der Waals surface area contributed by atoms with E-state index in [2.05, 4.69) is 4.98 Å². The molecule has 0 amide bonds. The van der Waals surface area contributed by atoms with Gasteiger partial charge in [0.2, 0.25) is 0 Å². The molecule has 0 saturated heterocycles. The van der Waals surface area contributed by atoms with E-state index in [0.717, 1.165) is 10.7 Å². The van der Waals surface area contributed by atoms with Crippen LogP contribution in [0.4, 0.5) is 8.78 Å². The fraction of sp³-hybridized carbons (Fsp3) is 0.308. The molecule has 0 bridgehead atoms. The number of hydrogen-bond acceptors (Lipinski definition) is 3. The first kappa shape index (κ1) is 13.1. The Morgan fingerprint density at radius 1 is 1.22 bits per heavy atom. The first-order valence-electron chi connectivity index (χ1n) is 5.53. The molecule has 1 unspecified atom stereocenters. The number of aliphatic hydroxyl groups excluding tert-OH is 1. The van der Waals surface area contributed by atoms with Crippen molar-refractivity contribution in [2.75, 3.05) is 0 Å². The van der Waals surface area contributed by atoms with Gasteiger partial charge in [-0.15, -0.1) is 11.3 Å². The quantitative estimate of drug-likeness (QED) is 0.918. The van der Waals surface area contributed by atoms with Crippen LogP contribution in [0.15, 0.2) is 29.6 Å². The lowest BCUT2D eigenvalue weighted by Gasteiger charge is -2.10. The van der Waals surface area contributed by atoms with Gasteiger partial charge in [0, 0.05) is 23.1 Å². The Hall–Kier alpha value is -1.33. The molecule has 2 nitrogen and oxygen atoms in total. The van der Waals surface area contributed by atoms with Crippen molar-refractivity contribution in [2.45, 2.75) is 25.9 Å². The number of thiazole rings is 1. The molecule has 1 aromatic carbocycles. The summed E-state index contributed by atoms with van der Waals surface area (Å²) in [7, 11) is 0. The fourth-order valence-corrected chi connectivity index (χ4v) is 2.45. The number of halogens is 2. The predicted octanol–water partition coefficient (Wildman–Crippen LogP) is 3.67. The van der Waals surface area contributed by atoms with Gasteiger partial charge in [-0.1, -0.05) is 24.3 Å². The van der Waals surface area contributed by atoms with E-state index in [-0.39, 0.29) is 5.56 Å². The van der Waals surface area contributed by atoms with Crippen LogP contribution < -0.4 is 0 Å². The van der Waals surface area contributed by atoms with Gasteiger partial charge in [-0.2, -0.15) is 0 Å². The summed E-state index contributed by atoms with van der Waals surface area (Å²) in [6.07, 6.45) is -2.77. The highest BCUT2D eigenvalue weighted by Gasteiger charge is 2.12. The number of rotatable bonds is 4. The Morgan fingerprint density at radius 3 is 2.33 bits per heavy atom. The second kappa shape index (κ2) is 5.54. The summed E-state index contributed by atoms with van der Waals surface area (Å²) in [5, 5.41) is 12.8. The van der Waals surface area contributed by atoms with Crippen molar-refractivity contribution in [2.24, 2.45) is 0 Å². The minimum Gasteiger partial charge on any atom is -0.388 e. The van der Waals surface area contributed by atoms with Gasteiger partial charge in [0.25, 0.3) is 6.43 Å². The third-order valence-electron chi connectivity index (χ3n) is 2.61. The summed E-state index contributed by atoms with van der Waals surface area (Å²) in [6.45, 7) is 1.89. The number of hydrogen-bond donors (Lipinski definition) is 1. The highest BCUT2D eigenvalue weighted by atomic mass is 32.1. The molecular weight excluding hydrogens is 256 g/mol. The lowest BCUT2D eigenvalue weighted by atomic mass is 10.1. The predicted molar refractivity (Wildman–Crippen MR) is 66.9 cm³/mol. The lowest BCUT2D eigenvalue weighted by Crippen LogP contribution is -2.01. The summed E-state index contributed by atoms with van der Waals surface area (Å²) in [5.41, 5.74) is 1.53. The van der Waals surface area contributed by atoms with Crippen molar-refractivity contribution >= 4 is 11.3 Å². The molecule has 0 aliphatic carbocycles. The number of aryl methyl sites for hydroxylation is 1. The summed E-state index contributed by atoms with van der Waals surface area (Å²) in [6, 6.07) is 5.76. The summed E-state index contributed by atoms with van der Waals surface area (Å²) in [5.74, 6) is 0. The normalized spacial score (nSPS) is 12.9. The van der Waals surface area contributed by atoms with Gasteiger partial charge < -0.3 is 5.11 Å². The van der Waals surface area contributed by atoms with Crippen molar-refractivity contribution in [3.8, 4) is 0 Å². The molecule has 0 spiro atoms. The van der Waals surface area contributed by atoms with E-state index >= 15 is 0 Å². The fourth-order valence-electron chi connectivity index (χ4n) is 1.64. The molecule has 0 aliphatic heterocycles. The third-order valence-corrected chi connectivity index (χ3v) is 3.60. The molecule has 0 aliphatic rings. The molecule has 0 radical (unpaired) electrons. The first-order valence-corrected chi connectivity index (χ1v) is 6.41. The van der Waals surface area contributed by atoms with Gasteiger partial charge in [0.15, 0.2) is 0 Å². The van der Waals surface area contributed by atoms with E-state index in [4.69, 9.17) is 0 Å². The van der Waals surface area contributed by atoms with E-state index in [1.54, 1.807) is 0 Å². The van der Waals surface area contributed by atoms with Crippen molar-refractivity contribution < 1.29 is 13.9 Å². The molecular formula is C13H13F2NOS. The Bertz CT molecular complexity index is 510. The van der Waals surface area contributed by atoms with Crippen LogP contribution in [-0.4, -0.2) is 10.1 Å². The van der Waals surface area contributed by atoms with Crippen molar-refractivity contribution in [1.29, 1.82) is 0 Å². The minimum absolute atomic E-state index is 0.0314. The number of benzene rings is 1. The molecule has 2 rings (SSSR count). The Morgan fingerprint density at radius 2 is 1.83 bits per heavy atom. The average Bonchev–Trinajstić information content (AvgIpc) is 2.75. The van der Waals surface area contributed by atoms with Crippen LogP contribution in [0.2, 0.25) is 0 Å². The van der Waals surface area contributed by atoms with Crippen LogP contribution in [0.5, 0.6) is 0 Å². The maximum absolute atomic E-state index is 12.4. The Balaban J connectivity index is 2.06. The van der Waals surface area contributed by atoms with Crippen LogP contribution in [-0.2, 0) is 6.42 Å². The third kappa shape index (κ3) is 3.11. The lowest BCUT2D eigenvalue weighted by molar-refractivity contribution is 0.151. The molecule has 2 aromatic rings. The monoisotopic (exact) mass is 269 g/mol. The molecule has 0 saturated carbocycles. The maximum Gasteiger partial charge on any atom is 0.263 e. The van der Waals surface area contributed by atoms with Gasteiger partial charge in [-0.3, -0.25) is 0 Å². The molecule has 5 heteroatoms. The van der Waals surface area contributed by atoms with Gasteiger partial charge in [0.1, 0.15) is 0 Å². The first-order chi connectivity index (χ1) is 8.56. The average molecular weight is 269 g/mol. The molecule has 1 N–H and O–H groups in total. The number of alkyl halides is 2. The van der Waals surface area contributed by atoms with E-state index in [9.17, 15) is 13.9 Å². The summed E-state index contributed by atoms with van der Waals surface area (Å²) < 4.78 is 24.8. The highest BCUT2D eigenvalue weighted by Crippen LogP contribution is 2.24. The van der Waals surface area contributed by atoms with Crippen molar-refractivity contribution in [1.82, 2.24) is 4.98 Å². The second-order valence-corrected chi connectivity index (χ2v) is 5.01. The highest BCUT2D eigenvalue weighted by molar-refractivity contribution is 7.09. The Labute approximate surface area is 108 Å². The van der Waals surface area contributed by atoms with Gasteiger partial charge in [-0.05, 0) is 12.5 Å². The number of aromatic nitrogens is 1. The van der Waals surface area contributed by atoms with Crippen LogP contribution in [0.1, 0.15) is 34.4 Å². The summed E-state index contributed by atoms with van der Waals surface area (Å²) in [4.78, 5) is 4.26.